The highest BCUT2D eigenvalue weighted by atomic mass is 16.3. The maximum Gasteiger partial charge on any atom is 0.255 e. The van der Waals surface area contributed by atoms with Crippen molar-refractivity contribution in [3.63, 3.8) is 0 Å². The molecule has 0 aliphatic heterocycles. The number of H-pyrrole nitrogens is 1. The lowest BCUT2D eigenvalue weighted by Gasteiger charge is -2.21. The van der Waals surface area contributed by atoms with E-state index in [9.17, 15) is 9.59 Å². The van der Waals surface area contributed by atoms with E-state index in [0.717, 1.165) is 5.56 Å². The molecule has 2 aromatic rings. The van der Waals surface area contributed by atoms with Gasteiger partial charge in [-0.3, -0.25) is 9.59 Å². The Kier molecular flexibility index (Phi) is 4.68. The van der Waals surface area contributed by atoms with Gasteiger partial charge in [0.25, 0.3) is 5.91 Å². The Balaban J connectivity index is 2.17. The first kappa shape index (κ1) is 14.0. The molecule has 1 aromatic carbocycles. The van der Waals surface area contributed by atoms with Crippen LogP contribution in [0.5, 0.6) is 0 Å². The van der Waals surface area contributed by atoms with Gasteiger partial charge in [0.1, 0.15) is 0 Å². The van der Waals surface area contributed by atoms with Crippen molar-refractivity contribution in [2.45, 2.75) is 6.54 Å². The van der Waals surface area contributed by atoms with Gasteiger partial charge < -0.3 is 15.0 Å². The van der Waals surface area contributed by atoms with Gasteiger partial charge in [-0.05, 0) is 11.6 Å². The van der Waals surface area contributed by atoms with E-state index in [0.29, 0.717) is 12.1 Å². The molecule has 0 aliphatic rings. The third-order valence-electron chi connectivity index (χ3n) is 2.90. The van der Waals surface area contributed by atoms with Crippen LogP contribution in [0.2, 0.25) is 0 Å². The van der Waals surface area contributed by atoms with Gasteiger partial charge in [-0.15, -0.1) is 0 Å². The number of carbonyl (C=O) groups excluding carboxylic acids is 1. The van der Waals surface area contributed by atoms with Gasteiger partial charge in [0.05, 0.1) is 12.2 Å². The van der Waals surface area contributed by atoms with Crippen LogP contribution in [0.15, 0.2) is 53.5 Å². The van der Waals surface area contributed by atoms with Crippen molar-refractivity contribution in [2.75, 3.05) is 13.2 Å². The molecule has 104 valence electrons. The summed E-state index contributed by atoms with van der Waals surface area (Å²) in [6.07, 6.45) is 1.39. The van der Waals surface area contributed by atoms with E-state index < -0.39 is 0 Å². The molecule has 1 heterocycles. The molecule has 2 rings (SSSR count). The molecule has 0 saturated carbocycles. The molecule has 0 radical (unpaired) electrons. The summed E-state index contributed by atoms with van der Waals surface area (Å²) in [5, 5.41) is 9.10. The van der Waals surface area contributed by atoms with Crippen molar-refractivity contribution >= 4 is 5.91 Å². The maximum atomic E-state index is 12.3. The smallest absolute Gasteiger partial charge is 0.255 e. The second kappa shape index (κ2) is 6.68. The van der Waals surface area contributed by atoms with Crippen LogP contribution in [0, 0.1) is 0 Å². The number of aliphatic hydroxyl groups excluding tert-OH is 1. The zero-order valence-electron chi connectivity index (χ0n) is 11.0. The molecular formula is C15H16N2O3. The second-order valence-electron chi connectivity index (χ2n) is 4.38. The Hall–Kier alpha value is -2.40. The molecule has 1 amide bonds. The number of rotatable bonds is 5. The average molecular weight is 272 g/mol. The summed E-state index contributed by atoms with van der Waals surface area (Å²) in [5.41, 5.74) is 1.13. The SMILES string of the molecule is O=C(c1ccc(=O)[nH]c1)N(CCO)Cc1ccccc1. The number of hydrogen-bond acceptors (Lipinski definition) is 3. The number of pyridine rings is 1. The predicted octanol–water partition coefficient (Wildman–Crippen LogP) is 1.01. The maximum absolute atomic E-state index is 12.3. The van der Waals surface area contributed by atoms with Gasteiger partial charge >= 0.3 is 0 Å². The zero-order valence-corrected chi connectivity index (χ0v) is 11.0. The van der Waals surface area contributed by atoms with E-state index in [1.54, 1.807) is 4.90 Å². The predicted molar refractivity (Wildman–Crippen MR) is 75.3 cm³/mol. The molecule has 0 spiro atoms. The molecule has 5 nitrogen and oxygen atoms in total. The number of carbonyl (C=O) groups is 1. The van der Waals surface area contributed by atoms with Gasteiger partial charge in [0, 0.05) is 25.4 Å². The number of aromatic nitrogens is 1. The molecule has 0 saturated heterocycles. The molecule has 20 heavy (non-hydrogen) atoms. The van der Waals surface area contributed by atoms with Crippen molar-refractivity contribution in [3.8, 4) is 0 Å². The topological polar surface area (TPSA) is 73.4 Å². The van der Waals surface area contributed by atoms with Crippen molar-refractivity contribution in [1.29, 1.82) is 0 Å². The van der Waals surface area contributed by atoms with Crippen molar-refractivity contribution < 1.29 is 9.90 Å². The first-order valence-corrected chi connectivity index (χ1v) is 6.33. The van der Waals surface area contributed by atoms with E-state index >= 15 is 0 Å². The van der Waals surface area contributed by atoms with Crippen LogP contribution in [0.25, 0.3) is 0 Å². The van der Waals surface area contributed by atoms with Crippen LogP contribution >= 0.6 is 0 Å². The highest BCUT2D eigenvalue weighted by molar-refractivity contribution is 5.93. The van der Waals surface area contributed by atoms with E-state index in [-0.39, 0.29) is 24.6 Å². The Morgan fingerprint density at radius 2 is 1.90 bits per heavy atom. The third kappa shape index (κ3) is 3.55. The number of hydrogen-bond donors (Lipinski definition) is 2. The number of nitrogens with one attached hydrogen (secondary N) is 1. The monoisotopic (exact) mass is 272 g/mol. The molecule has 0 aliphatic carbocycles. The summed E-state index contributed by atoms with van der Waals surface area (Å²) >= 11 is 0. The summed E-state index contributed by atoms with van der Waals surface area (Å²) in [4.78, 5) is 27.4. The Morgan fingerprint density at radius 1 is 1.15 bits per heavy atom. The Labute approximate surface area is 116 Å². The van der Waals surface area contributed by atoms with Crippen LogP contribution < -0.4 is 5.56 Å². The minimum atomic E-state index is -0.252. The number of benzene rings is 1. The van der Waals surface area contributed by atoms with Crippen LogP contribution in [-0.2, 0) is 6.54 Å². The number of nitrogens with zero attached hydrogens (tertiary/aromatic N) is 1. The van der Waals surface area contributed by atoms with E-state index in [4.69, 9.17) is 5.11 Å². The minimum Gasteiger partial charge on any atom is -0.395 e. The molecule has 1 aromatic heterocycles. The summed E-state index contributed by atoms with van der Waals surface area (Å²) in [7, 11) is 0. The quantitative estimate of drug-likeness (QED) is 0.853. The molecule has 0 atom stereocenters. The lowest BCUT2D eigenvalue weighted by atomic mass is 10.2. The first-order valence-electron chi connectivity index (χ1n) is 6.33. The average Bonchev–Trinajstić information content (AvgIpc) is 2.48. The number of aliphatic hydroxyl groups is 1. The van der Waals surface area contributed by atoms with E-state index in [1.807, 2.05) is 30.3 Å². The number of amides is 1. The van der Waals surface area contributed by atoms with Crippen molar-refractivity contribution in [1.82, 2.24) is 9.88 Å². The van der Waals surface area contributed by atoms with Gasteiger partial charge in [0.2, 0.25) is 5.56 Å². The zero-order chi connectivity index (χ0) is 14.4. The third-order valence-corrected chi connectivity index (χ3v) is 2.90. The van der Waals surface area contributed by atoms with Crippen LogP contribution in [0.1, 0.15) is 15.9 Å². The Bertz CT molecular complexity index is 602. The number of aromatic amines is 1. The molecule has 2 N–H and O–H groups in total. The summed E-state index contributed by atoms with van der Waals surface area (Å²) in [6, 6.07) is 12.3. The van der Waals surface area contributed by atoms with Crippen LogP contribution in [-0.4, -0.2) is 34.0 Å². The van der Waals surface area contributed by atoms with Crippen molar-refractivity contribution in [3.05, 3.63) is 70.1 Å². The van der Waals surface area contributed by atoms with Gasteiger partial charge in [-0.1, -0.05) is 30.3 Å². The summed E-state index contributed by atoms with van der Waals surface area (Å²) < 4.78 is 0. The second-order valence-corrected chi connectivity index (χ2v) is 4.38. The summed E-state index contributed by atoms with van der Waals surface area (Å²) in [5.74, 6) is -0.223. The summed E-state index contributed by atoms with van der Waals surface area (Å²) in [6.45, 7) is 0.550. The van der Waals surface area contributed by atoms with Gasteiger partial charge in [-0.25, -0.2) is 0 Å². The minimum absolute atomic E-state index is 0.109. The fourth-order valence-corrected chi connectivity index (χ4v) is 1.90. The molecular weight excluding hydrogens is 256 g/mol. The molecule has 0 fully saturated rings. The van der Waals surface area contributed by atoms with Crippen molar-refractivity contribution in [2.24, 2.45) is 0 Å². The van der Waals surface area contributed by atoms with Crippen LogP contribution in [0.4, 0.5) is 0 Å². The highest BCUT2D eigenvalue weighted by Crippen LogP contribution is 2.08. The molecule has 0 bridgehead atoms. The standard InChI is InChI=1S/C15H16N2O3/c18-9-8-17(11-12-4-2-1-3-5-12)15(20)13-6-7-14(19)16-10-13/h1-7,10,18H,8-9,11H2,(H,16,19). The van der Waals surface area contributed by atoms with E-state index in [2.05, 4.69) is 4.98 Å². The fourth-order valence-electron chi connectivity index (χ4n) is 1.90. The first-order chi connectivity index (χ1) is 9.70. The molecule has 0 unspecified atom stereocenters. The normalized spacial score (nSPS) is 10.2. The largest absolute Gasteiger partial charge is 0.395 e. The van der Waals surface area contributed by atoms with Gasteiger partial charge in [-0.2, -0.15) is 0 Å². The molecule has 5 heteroatoms. The Morgan fingerprint density at radius 3 is 2.50 bits per heavy atom. The van der Waals surface area contributed by atoms with Crippen LogP contribution in [0.3, 0.4) is 0 Å². The highest BCUT2D eigenvalue weighted by Gasteiger charge is 2.15. The lowest BCUT2D eigenvalue weighted by molar-refractivity contribution is 0.0707. The fraction of sp³-hybridized carbons (Fsp3) is 0.200. The lowest BCUT2D eigenvalue weighted by Crippen LogP contribution is -2.33. The van der Waals surface area contributed by atoms with E-state index in [1.165, 1.54) is 18.3 Å². The van der Waals surface area contributed by atoms with Gasteiger partial charge in [0.15, 0.2) is 0 Å².